The number of rotatable bonds is 5. The number of fused-ring (bicyclic) bond motifs is 1. The molecule has 1 aliphatic heterocycles. The number of hydrogen-bond acceptors (Lipinski definition) is 5. The molecule has 8 heteroatoms. The molecule has 2 fully saturated rings. The van der Waals surface area contributed by atoms with Gasteiger partial charge in [0.25, 0.3) is 5.91 Å². The summed E-state index contributed by atoms with van der Waals surface area (Å²) in [6.45, 7) is 3.54. The third-order valence-electron chi connectivity index (χ3n) is 6.30. The number of ether oxygens (including phenoxy) is 1. The van der Waals surface area contributed by atoms with Crippen molar-refractivity contribution in [2.45, 2.75) is 33.1 Å². The summed E-state index contributed by atoms with van der Waals surface area (Å²) >= 11 is 3.40. The molecule has 3 amide bonds. The highest BCUT2D eigenvalue weighted by Crippen LogP contribution is 2.42. The second-order valence-corrected chi connectivity index (χ2v) is 9.64. The number of aryl methyl sites for hydroxylation is 1. The standard InChI is InChI=1S/C25H25BrN2O5/c1-14-6-8-19-20(10-14)24(31)28(23(19)30)18-5-3-4-16(12-18)25(32)33-13-22(29)27-17-7-9-21(26)15(2)11-17/h3-5,7,9,11-12,14,19-20H,6,8,10,13H2,1-2H3,(H,27,29)/t14-,19-,20-/m1/s1. The molecule has 2 aromatic rings. The molecule has 0 radical (unpaired) electrons. The summed E-state index contributed by atoms with van der Waals surface area (Å²) in [7, 11) is 0. The number of anilines is 2. The first-order valence-electron chi connectivity index (χ1n) is 11.0. The van der Waals surface area contributed by atoms with Gasteiger partial charge in [-0.25, -0.2) is 4.79 Å². The second-order valence-electron chi connectivity index (χ2n) is 8.78. The number of imide groups is 1. The van der Waals surface area contributed by atoms with Gasteiger partial charge in [0.15, 0.2) is 6.61 Å². The van der Waals surface area contributed by atoms with Gasteiger partial charge in [0.05, 0.1) is 23.1 Å². The lowest BCUT2D eigenvalue weighted by Crippen LogP contribution is -2.31. The molecule has 3 atom stereocenters. The zero-order valence-corrected chi connectivity index (χ0v) is 20.1. The molecule has 0 spiro atoms. The Labute approximate surface area is 200 Å². The second kappa shape index (κ2) is 9.47. The number of amides is 3. The Morgan fingerprint density at radius 3 is 2.61 bits per heavy atom. The molecular weight excluding hydrogens is 488 g/mol. The summed E-state index contributed by atoms with van der Waals surface area (Å²) in [6, 6.07) is 11.6. The van der Waals surface area contributed by atoms with E-state index in [0.29, 0.717) is 30.1 Å². The minimum atomic E-state index is -0.705. The molecule has 0 aromatic heterocycles. The third kappa shape index (κ3) is 4.85. The van der Waals surface area contributed by atoms with Crippen LogP contribution < -0.4 is 10.2 Å². The minimum absolute atomic E-state index is 0.170. The monoisotopic (exact) mass is 512 g/mol. The Hall–Kier alpha value is -3.00. The molecule has 172 valence electrons. The molecule has 0 bridgehead atoms. The fourth-order valence-corrected chi connectivity index (χ4v) is 4.80. The molecule has 2 aromatic carbocycles. The van der Waals surface area contributed by atoms with Gasteiger partial charge < -0.3 is 10.1 Å². The van der Waals surface area contributed by atoms with Crippen LogP contribution in [0.25, 0.3) is 0 Å². The van der Waals surface area contributed by atoms with Gasteiger partial charge in [-0.1, -0.05) is 28.9 Å². The number of hydrogen-bond donors (Lipinski definition) is 1. The summed E-state index contributed by atoms with van der Waals surface area (Å²) in [5, 5.41) is 2.68. The maximum absolute atomic E-state index is 12.9. The van der Waals surface area contributed by atoms with E-state index in [4.69, 9.17) is 4.74 Å². The molecule has 1 heterocycles. The van der Waals surface area contributed by atoms with Gasteiger partial charge in [-0.05, 0) is 74.1 Å². The van der Waals surface area contributed by atoms with E-state index in [9.17, 15) is 19.2 Å². The van der Waals surface area contributed by atoms with Crippen LogP contribution in [0.1, 0.15) is 42.1 Å². The number of nitrogens with zero attached hydrogens (tertiary/aromatic N) is 1. The van der Waals surface area contributed by atoms with Crippen molar-refractivity contribution in [3.05, 3.63) is 58.1 Å². The molecule has 7 nitrogen and oxygen atoms in total. The quantitative estimate of drug-likeness (QED) is 0.470. The van der Waals surface area contributed by atoms with Crippen molar-refractivity contribution in [1.82, 2.24) is 0 Å². The molecule has 1 saturated heterocycles. The van der Waals surface area contributed by atoms with Gasteiger partial charge in [-0.3, -0.25) is 19.3 Å². The van der Waals surface area contributed by atoms with Crippen LogP contribution in [0.4, 0.5) is 11.4 Å². The minimum Gasteiger partial charge on any atom is -0.452 e. The van der Waals surface area contributed by atoms with E-state index in [0.717, 1.165) is 16.5 Å². The summed E-state index contributed by atoms with van der Waals surface area (Å²) in [4.78, 5) is 51.8. The van der Waals surface area contributed by atoms with Gasteiger partial charge in [0.2, 0.25) is 11.8 Å². The number of carbonyl (C=O) groups excluding carboxylic acids is 4. The topological polar surface area (TPSA) is 92.8 Å². The zero-order valence-electron chi connectivity index (χ0n) is 18.5. The van der Waals surface area contributed by atoms with Gasteiger partial charge in [-0.2, -0.15) is 0 Å². The smallest absolute Gasteiger partial charge is 0.338 e. The van der Waals surface area contributed by atoms with E-state index in [2.05, 4.69) is 28.2 Å². The van der Waals surface area contributed by atoms with E-state index in [1.54, 1.807) is 24.3 Å². The summed E-state index contributed by atoms with van der Waals surface area (Å²) in [6.07, 6.45) is 2.35. The lowest BCUT2D eigenvalue weighted by molar-refractivity contribution is -0.122. The fourth-order valence-electron chi connectivity index (χ4n) is 4.55. The zero-order chi connectivity index (χ0) is 23.7. The molecule has 0 unspecified atom stereocenters. The molecule has 1 aliphatic carbocycles. The van der Waals surface area contributed by atoms with E-state index < -0.39 is 18.5 Å². The van der Waals surface area contributed by atoms with Gasteiger partial charge >= 0.3 is 5.97 Å². The largest absolute Gasteiger partial charge is 0.452 e. The van der Waals surface area contributed by atoms with Crippen molar-refractivity contribution in [2.24, 2.45) is 17.8 Å². The first-order chi connectivity index (χ1) is 15.7. The first-order valence-corrected chi connectivity index (χ1v) is 11.7. The predicted octanol–water partition coefficient (Wildman–Crippen LogP) is 4.48. The third-order valence-corrected chi connectivity index (χ3v) is 7.19. The Morgan fingerprint density at radius 1 is 1.09 bits per heavy atom. The molecule has 1 N–H and O–H groups in total. The maximum atomic E-state index is 12.9. The maximum Gasteiger partial charge on any atom is 0.338 e. The van der Waals surface area contributed by atoms with Crippen molar-refractivity contribution in [3.8, 4) is 0 Å². The van der Waals surface area contributed by atoms with E-state index in [-0.39, 0.29) is 29.2 Å². The SMILES string of the molecule is Cc1cc(NC(=O)COC(=O)c2cccc(N3C(=O)[C@@H]4CC[C@@H](C)C[C@H]4C3=O)c2)ccc1Br. The van der Waals surface area contributed by atoms with Gasteiger partial charge in [-0.15, -0.1) is 0 Å². The van der Waals surface area contributed by atoms with E-state index in [1.165, 1.54) is 17.0 Å². The number of esters is 1. The number of benzene rings is 2. The Kier molecular flexibility index (Phi) is 6.65. The van der Waals surface area contributed by atoms with Crippen LogP contribution in [0.15, 0.2) is 46.9 Å². The number of halogens is 1. The van der Waals surface area contributed by atoms with Crippen molar-refractivity contribution in [3.63, 3.8) is 0 Å². The highest BCUT2D eigenvalue weighted by molar-refractivity contribution is 9.10. The summed E-state index contributed by atoms with van der Waals surface area (Å²) < 4.78 is 6.07. The molecular formula is C25H25BrN2O5. The molecule has 4 rings (SSSR count). The van der Waals surface area contributed by atoms with Crippen molar-refractivity contribution in [2.75, 3.05) is 16.8 Å². The predicted molar refractivity (Wildman–Crippen MR) is 127 cm³/mol. The van der Waals surface area contributed by atoms with Crippen molar-refractivity contribution >= 4 is 51.0 Å². The molecule has 33 heavy (non-hydrogen) atoms. The van der Waals surface area contributed by atoms with Crippen molar-refractivity contribution < 1.29 is 23.9 Å². The van der Waals surface area contributed by atoms with Crippen LogP contribution in [0.2, 0.25) is 0 Å². The van der Waals surface area contributed by atoms with Gasteiger partial charge in [0.1, 0.15) is 0 Å². The first kappa shape index (κ1) is 23.2. The average Bonchev–Trinajstić information content (AvgIpc) is 3.04. The van der Waals surface area contributed by atoms with Crippen LogP contribution in [0.3, 0.4) is 0 Å². The Morgan fingerprint density at radius 2 is 1.85 bits per heavy atom. The molecule has 1 saturated carbocycles. The average molecular weight is 513 g/mol. The summed E-state index contributed by atoms with van der Waals surface area (Å²) in [5.74, 6) is -1.74. The Bertz CT molecular complexity index is 1130. The highest BCUT2D eigenvalue weighted by Gasteiger charge is 2.50. The van der Waals surface area contributed by atoms with Crippen LogP contribution >= 0.6 is 15.9 Å². The fraction of sp³-hybridized carbons (Fsp3) is 0.360. The summed E-state index contributed by atoms with van der Waals surface area (Å²) in [5.41, 5.74) is 2.09. The van der Waals surface area contributed by atoms with Crippen molar-refractivity contribution in [1.29, 1.82) is 0 Å². The van der Waals surface area contributed by atoms with E-state index >= 15 is 0 Å². The lowest BCUT2D eigenvalue weighted by Gasteiger charge is -2.25. The van der Waals surface area contributed by atoms with Crippen LogP contribution in [0.5, 0.6) is 0 Å². The highest BCUT2D eigenvalue weighted by atomic mass is 79.9. The number of nitrogens with one attached hydrogen (secondary N) is 1. The lowest BCUT2D eigenvalue weighted by atomic mass is 9.76. The normalized spacial score (nSPS) is 22.2. The van der Waals surface area contributed by atoms with Crippen LogP contribution in [-0.4, -0.2) is 30.3 Å². The Balaban J connectivity index is 1.40. The van der Waals surface area contributed by atoms with Gasteiger partial charge in [0, 0.05) is 10.2 Å². The van der Waals surface area contributed by atoms with Crippen LogP contribution in [0, 0.1) is 24.7 Å². The molecule has 2 aliphatic rings. The number of carbonyl (C=O) groups is 4. The van der Waals surface area contributed by atoms with E-state index in [1.807, 2.05) is 13.0 Å². The van der Waals surface area contributed by atoms with Crippen LogP contribution in [-0.2, 0) is 19.1 Å².